The van der Waals surface area contributed by atoms with Crippen LogP contribution in [0.15, 0.2) is 18.2 Å². The van der Waals surface area contributed by atoms with Crippen molar-refractivity contribution >= 4 is 23.5 Å². The van der Waals surface area contributed by atoms with Gasteiger partial charge >= 0.3 is 0 Å². The van der Waals surface area contributed by atoms with E-state index in [-0.39, 0.29) is 5.75 Å². The molecular weight excluding hydrogens is 385 g/mol. The highest BCUT2D eigenvalue weighted by atomic mass is 19.1. The second kappa shape index (κ2) is 9.42. The molecule has 1 atom stereocenters. The lowest BCUT2D eigenvalue weighted by molar-refractivity contribution is 0.277. The van der Waals surface area contributed by atoms with Crippen molar-refractivity contribution in [3.05, 3.63) is 24.0 Å². The molecule has 8 nitrogen and oxygen atoms in total. The van der Waals surface area contributed by atoms with E-state index < -0.39 is 5.82 Å². The summed E-state index contributed by atoms with van der Waals surface area (Å²) in [5, 5.41) is 6.52. The molecule has 1 unspecified atom stereocenters. The standard InChI is InChI=1S/C21H30FN7O/c1-3-28-12-6-7-16(28)14-23-19-25-20(27-21(26-19)29-10-4-5-11-29)24-15-8-9-18(30-2)17(22)13-15/h8-9,13,16H,3-7,10-12,14H2,1-2H3,(H2,23,24,25,26,27). The third-order valence-electron chi connectivity index (χ3n) is 5.82. The van der Waals surface area contributed by atoms with Crippen molar-refractivity contribution in [2.45, 2.75) is 38.6 Å². The van der Waals surface area contributed by atoms with Crippen molar-refractivity contribution in [2.24, 2.45) is 0 Å². The Labute approximate surface area is 176 Å². The Morgan fingerprint density at radius 2 is 1.90 bits per heavy atom. The van der Waals surface area contributed by atoms with Gasteiger partial charge in [0.2, 0.25) is 17.8 Å². The number of methoxy groups -OCH3 is 1. The molecule has 0 bridgehead atoms. The summed E-state index contributed by atoms with van der Waals surface area (Å²) >= 11 is 0. The highest BCUT2D eigenvalue weighted by molar-refractivity contribution is 5.57. The molecule has 9 heteroatoms. The minimum absolute atomic E-state index is 0.202. The first kappa shape index (κ1) is 20.6. The number of nitrogens with zero attached hydrogens (tertiary/aromatic N) is 5. The fourth-order valence-corrected chi connectivity index (χ4v) is 4.18. The largest absolute Gasteiger partial charge is 0.494 e. The molecule has 2 N–H and O–H groups in total. The van der Waals surface area contributed by atoms with Crippen LogP contribution in [0.1, 0.15) is 32.6 Å². The molecule has 0 amide bonds. The molecule has 0 spiro atoms. The summed E-state index contributed by atoms with van der Waals surface area (Å²) in [5.74, 6) is 1.37. The molecule has 2 aliphatic heterocycles. The summed E-state index contributed by atoms with van der Waals surface area (Å²) in [4.78, 5) is 18.4. The molecule has 2 aromatic rings. The Morgan fingerprint density at radius 3 is 2.63 bits per heavy atom. The first-order chi connectivity index (χ1) is 14.7. The van der Waals surface area contributed by atoms with Crippen LogP contribution >= 0.6 is 0 Å². The number of hydrogen-bond donors (Lipinski definition) is 2. The van der Waals surface area contributed by atoms with Crippen LogP contribution in [-0.2, 0) is 0 Å². The minimum atomic E-state index is -0.435. The van der Waals surface area contributed by atoms with E-state index in [9.17, 15) is 4.39 Å². The van der Waals surface area contributed by atoms with Crippen LogP contribution in [0.3, 0.4) is 0 Å². The molecule has 0 saturated carbocycles. The Balaban J connectivity index is 1.53. The molecule has 0 aliphatic carbocycles. The van der Waals surface area contributed by atoms with Gasteiger partial charge in [-0.05, 0) is 50.9 Å². The zero-order chi connectivity index (χ0) is 20.9. The summed E-state index contributed by atoms with van der Waals surface area (Å²) in [6.07, 6.45) is 4.68. The summed E-state index contributed by atoms with van der Waals surface area (Å²) in [6.45, 7) is 7.07. The number of ether oxygens (including phenoxy) is 1. The quantitative estimate of drug-likeness (QED) is 0.680. The Bertz CT molecular complexity index is 859. The highest BCUT2D eigenvalue weighted by Crippen LogP contribution is 2.25. The van der Waals surface area contributed by atoms with Gasteiger partial charge in [0.05, 0.1) is 7.11 Å². The van der Waals surface area contributed by atoms with Gasteiger partial charge in [0.1, 0.15) is 0 Å². The third kappa shape index (κ3) is 4.72. The van der Waals surface area contributed by atoms with Crippen molar-refractivity contribution in [1.82, 2.24) is 19.9 Å². The zero-order valence-electron chi connectivity index (χ0n) is 17.7. The number of halogens is 1. The normalized spacial score (nSPS) is 19.3. The second-order valence-corrected chi connectivity index (χ2v) is 7.76. The van der Waals surface area contributed by atoms with Crippen LogP contribution in [-0.4, -0.2) is 65.7 Å². The lowest BCUT2D eigenvalue weighted by Gasteiger charge is -2.23. The highest BCUT2D eigenvalue weighted by Gasteiger charge is 2.23. The van der Waals surface area contributed by atoms with E-state index in [0.29, 0.717) is 29.6 Å². The van der Waals surface area contributed by atoms with E-state index in [1.807, 2.05) is 0 Å². The van der Waals surface area contributed by atoms with E-state index in [4.69, 9.17) is 4.74 Å². The Morgan fingerprint density at radius 1 is 1.10 bits per heavy atom. The molecule has 30 heavy (non-hydrogen) atoms. The van der Waals surface area contributed by atoms with Crippen molar-refractivity contribution < 1.29 is 9.13 Å². The van der Waals surface area contributed by atoms with Gasteiger partial charge in [-0.2, -0.15) is 15.0 Å². The number of likely N-dealkylation sites (tertiary alicyclic amines) is 1. The molecule has 2 saturated heterocycles. The van der Waals surface area contributed by atoms with E-state index >= 15 is 0 Å². The molecule has 1 aromatic heterocycles. The average molecular weight is 416 g/mol. The topological polar surface area (TPSA) is 78.4 Å². The lowest BCUT2D eigenvalue weighted by atomic mass is 10.2. The summed E-state index contributed by atoms with van der Waals surface area (Å²) in [5.41, 5.74) is 0.561. The first-order valence-electron chi connectivity index (χ1n) is 10.8. The number of anilines is 4. The van der Waals surface area contributed by atoms with Gasteiger partial charge < -0.3 is 20.3 Å². The van der Waals surface area contributed by atoms with Gasteiger partial charge in [0.25, 0.3) is 0 Å². The molecule has 1 aromatic carbocycles. The predicted molar refractivity (Wildman–Crippen MR) is 116 cm³/mol. The monoisotopic (exact) mass is 415 g/mol. The van der Waals surface area contributed by atoms with Crippen molar-refractivity contribution in [1.29, 1.82) is 0 Å². The van der Waals surface area contributed by atoms with Crippen LogP contribution in [0.4, 0.5) is 27.9 Å². The van der Waals surface area contributed by atoms with Gasteiger partial charge in [0.15, 0.2) is 11.6 Å². The first-order valence-corrected chi connectivity index (χ1v) is 10.8. The number of likely N-dealkylation sites (N-methyl/N-ethyl adjacent to an activating group) is 1. The molecule has 4 rings (SSSR count). The van der Waals surface area contributed by atoms with Crippen LogP contribution < -0.4 is 20.3 Å². The van der Waals surface area contributed by atoms with Crippen molar-refractivity contribution in [3.8, 4) is 5.75 Å². The average Bonchev–Trinajstić information content (AvgIpc) is 3.44. The van der Waals surface area contributed by atoms with E-state index in [1.165, 1.54) is 26.0 Å². The maximum absolute atomic E-state index is 14.1. The van der Waals surface area contributed by atoms with Crippen molar-refractivity contribution in [3.63, 3.8) is 0 Å². The summed E-state index contributed by atoms with van der Waals surface area (Å²) in [7, 11) is 1.45. The SMILES string of the molecule is CCN1CCCC1CNc1nc(Nc2ccc(OC)c(F)c2)nc(N2CCCC2)n1. The van der Waals surface area contributed by atoms with Gasteiger partial charge in [-0.1, -0.05) is 6.92 Å². The van der Waals surface area contributed by atoms with E-state index in [0.717, 1.165) is 45.6 Å². The van der Waals surface area contributed by atoms with Gasteiger partial charge in [-0.3, -0.25) is 4.90 Å². The summed E-state index contributed by atoms with van der Waals surface area (Å²) < 4.78 is 19.1. The third-order valence-corrected chi connectivity index (χ3v) is 5.82. The van der Waals surface area contributed by atoms with Crippen LogP contribution in [0.25, 0.3) is 0 Å². The van der Waals surface area contributed by atoms with Crippen LogP contribution in [0.2, 0.25) is 0 Å². The van der Waals surface area contributed by atoms with Crippen LogP contribution in [0, 0.1) is 5.82 Å². The fourth-order valence-electron chi connectivity index (χ4n) is 4.18. The Kier molecular flexibility index (Phi) is 6.47. The lowest BCUT2D eigenvalue weighted by Crippen LogP contribution is -2.35. The number of aromatic nitrogens is 3. The zero-order valence-corrected chi connectivity index (χ0v) is 17.7. The van der Waals surface area contributed by atoms with Crippen LogP contribution in [0.5, 0.6) is 5.75 Å². The van der Waals surface area contributed by atoms with Gasteiger partial charge in [-0.15, -0.1) is 0 Å². The molecule has 2 fully saturated rings. The Hall–Kier alpha value is -2.68. The maximum Gasteiger partial charge on any atom is 0.233 e. The second-order valence-electron chi connectivity index (χ2n) is 7.76. The number of nitrogens with one attached hydrogen (secondary N) is 2. The van der Waals surface area contributed by atoms with E-state index in [2.05, 4.69) is 42.3 Å². The van der Waals surface area contributed by atoms with Crippen molar-refractivity contribution in [2.75, 3.05) is 55.4 Å². The number of rotatable bonds is 8. The maximum atomic E-state index is 14.1. The predicted octanol–water partition coefficient (Wildman–Crippen LogP) is 3.26. The molecular formula is C21H30FN7O. The van der Waals surface area contributed by atoms with E-state index in [1.54, 1.807) is 12.1 Å². The minimum Gasteiger partial charge on any atom is -0.494 e. The molecule has 3 heterocycles. The number of benzene rings is 1. The smallest absolute Gasteiger partial charge is 0.233 e. The number of hydrogen-bond acceptors (Lipinski definition) is 8. The molecule has 0 radical (unpaired) electrons. The summed E-state index contributed by atoms with van der Waals surface area (Å²) in [6, 6.07) is 5.20. The molecule has 162 valence electrons. The van der Waals surface area contributed by atoms with Gasteiger partial charge in [0, 0.05) is 37.4 Å². The molecule has 2 aliphatic rings. The fraction of sp³-hybridized carbons (Fsp3) is 0.571. The van der Waals surface area contributed by atoms with Gasteiger partial charge in [-0.25, -0.2) is 4.39 Å².